The van der Waals surface area contributed by atoms with E-state index in [0.717, 1.165) is 42.3 Å². The van der Waals surface area contributed by atoms with Crippen molar-refractivity contribution in [3.8, 4) is 5.75 Å². The summed E-state index contributed by atoms with van der Waals surface area (Å²) in [6.07, 6.45) is 5.55. The maximum Gasteiger partial charge on any atom is 0.291 e. The van der Waals surface area contributed by atoms with E-state index in [1.165, 1.54) is 11.1 Å². The first kappa shape index (κ1) is 17.6. The van der Waals surface area contributed by atoms with Gasteiger partial charge in [0.15, 0.2) is 0 Å². The van der Waals surface area contributed by atoms with Crippen LogP contribution >= 0.6 is 0 Å². The number of hydrogen-bond donors (Lipinski definition) is 1. The van der Waals surface area contributed by atoms with Crippen LogP contribution in [0, 0.1) is 6.92 Å². The highest BCUT2D eigenvalue weighted by Crippen LogP contribution is 2.24. The fraction of sp³-hybridized carbons (Fsp3) is 0.450. The molecule has 1 fully saturated rings. The Bertz CT molecular complexity index is 1060. The van der Waals surface area contributed by atoms with Crippen molar-refractivity contribution in [1.29, 1.82) is 0 Å². The zero-order chi connectivity index (χ0) is 19.0. The molecule has 0 bridgehead atoms. The molecule has 0 unspecified atom stereocenters. The second-order valence-electron chi connectivity index (χ2n) is 7.20. The summed E-state index contributed by atoms with van der Waals surface area (Å²) >= 11 is 0. The molecular weight excluding hydrogens is 344 g/mol. The molecule has 0 atom stereocenters. The topological polar surface area (TPSA) is 77.6 Å². The molecule has 27 heavy (non-hydrogen) atoms. The lowest BCUT2D eigenvalue weighted by Crippen LogP contribution is -2.40. The standard InChI is InChI=1S/C20H24N4O3/c1-13-22-23(12-19(25)21-15-6-4-3-5-7-15)20(26)18-11-14-10-16(27-2)8-9-17(14)24(13)18/h8-11,15H,3-7,12H2,1-2H3,(H,21,25). The number of carbonyl (C=O) groups excluding carboxylic acids is 1. The van der Waals surface area contributed by atoms with Crippen molar-refractivity contribution in [3.63, 3.8) is 0 Å². The first-order valence-electron chi connectivity index (χ1n) is 9.43. The van der Waals surface area contributed by atoms with Crippen LogP contribution in [0.5, 0.6) is 5.75 Å². The Morgan fingerprint density at radius 1 is 1.22 bits per heavy atom. The van der Waals surface area contributed by atoms with Crippen LogP contribution in [-0.4, -0.2) is 33.2 Å². The monoisotopic (exact) mass is 368 g/mol. The Morgan fingerprint density at radius 3 is 2.74 bits per heavy atom. The normalized spacial score (nSPS) is 15.3. The second-order valence-corrected chi connectivity index (χ2v) is 7.20. The van der Waals surface area contributed by atoms with Crippen molar-refractivity contribution in [2.75, 3.05) is 7.11 Å². The highest BCUT2D eigenvalue weighted by Gasteiger charge is 2.18. The van der Waals surface area contributed by atoms with E-state index in [9.17, 15) is 9.59 Å². The van der Waals surface area contributed by atoms with E-state index in [1.807, 2.05) is 35.6 Å². The molecule has 4 rings (SSSR count). The van der Waals surface area contributed by atoms with Gasteiger partial charge in [-0.2, -0.15) is 5.10 Å². The van der Waals surface area contributed by atoms with Crippen molar-refractivity contribution >= 4 is 22.3 Å². The molecule has 0 aliphatic heterocycles. The average molecular weight is 368 g/mol. The molecule has 1 aliphatic carbocycles. The molecule has 2 heterocycles. The van der Waals surface area contributed by atoms with Crippen molar-refractivity contribution in [3.05, 3.63) is 40.4 Å². The van der Waals surface area contributed by atoms with Crippen molar-refractivity contribution in [1.82, 2.24) is 19.5 Å². The average Bonchev–Trinajstić information content (AvgIpc) is 3.06. The summed E-state index contributed by atoms with van der Waals surface area (Å²) in [6.45, 7) is 1.78. The van der Waals surface area contributed by atoms with Crippen molar-refractivity contribution in [2.24, 2.45) is 0 Å². The molecule has 142 valence electrons. The predicted molar refractivity (Wildman–Crippen MR) is 103 cm³/mol. The number of rotatable bonds is 4. The summed E-state index contributed by atoms with van der Waals surface area (Å²) in [6, 6.07) is 7.70. The number of aromatic nitrogens is 3. The highest BCUT2D eigenvalue weighted by molar-refractivity contribution is 5.88. The van der Waals surface area contributed by atoms with Crippen LogP contribution in [0.2, 0.25) is 0 Å². The lowest BCUT2D eigenvalue weighted by Gasteiger charge is -2.22. The maximum absolute atomic E-state index is 12.9. The SMILES string of the molecule is COc1ccc2c(c1)cc1c(=O)n(CC(=O)NC3CCCCC3)nc(C)n12. The van der Waals surface area contributed by atoms with Gasteiger partial charge in [-0.15, -0.1) is 0 Å². The van der Waals surface area contributed by atoms with Gasteiger partial charge in [-0.25, -0.2) is 4.68 Å². The molecule has 0 saturated heterocycles. The Hall–Kier alpha value is -2.83. The molecule has 1 aromatic carbocycles. The molecule has 0 spiro atoms. The molecule has 3 aromatic rings. The maximum atomic E-state index is 12.9. The summed E-state index contributed by atoms with van der Waals surface area (Å²) in [5, 5.41) is 8.32. The lowest BCUT2D eigenvalue weighted by atomic mass is 9.95. The van der Waals surface area contributed by atoms with Crippen LogP contribution in [0.3, 0.4) is 0 Å². The van der Waals surface area contributed by atoms with E-state index in [1.54, 1.807) is 7.11 Å². The van der Waals surface area contributed by atoms with Crippen LogP contribution in [0.1, 0.15) is 37.9 Å². The third-order valence-electron chi connectivity index (χ3n) is 5.31. The fourth-order valence-electron chi connectivity index (χ4n) is 3.99. The minimum atomic E-state index is -0.269. The zero-order valence-electron chi connectivity index (χ0n) is 15.7. The number of amides is 1. The summed E-state index contributed by atoms with van der Waals surface area (Å²) in [7, 11) is 1.61. The van der Waals surface area contributed by atoms with E-state index < -0.39 is 0 Å². The van der Waals surface area contributed by atoms with Gasteiger partial charge in [0.1, 0.15) is 23.6 Å². The Morgan fingerprint density at radius 2 is 2.00 bits per heavy atom. The number of fused-ring (bicyclic) bond motifs is 3. The summed E-state index contributed by atoms with van der Waals surface area (Å²) in [5.41, 5.74) is 1.14. The van der Waals surface area contributed by atoms with Gasteiger partial charge in [0.25, 0.3) is 5.56 Å². The first-order chi connectivity index (χ1) is 13.1. The van der Waals surface area contributed by atoms with E-state index in [-0.39, 0.29) is 24.1 Å². The minimum Gasteiger partial charge on any atom is -0.497 e. The third kappa shape index (κ3) is 3.29. The van der Waals surface area contributed by atoms with E-state index in [4.69, 9.17) is 4.74 Å². The minimum absolute atomic E-state index is 0.0580. The number of methoxy groups -OCH3 is 1. The summed E-state index contributed by atoms with van der Waals surface area (Å²) in [5.74, 6) is 1.24. The quantitative estimate of drug-likeness (QED) is 0.767. The summed E-state index contributed by atoms with van der Waals surface area (Å²) < 4.78 is 8.36. The number of nitrogens with zero attached hydrogens (tertiary/aromatic N) is 3. The first-order valence-corrected chi connectivity index (χ1v) is 9.43. The largest absolute Gasteiger partial charge is 0.497 e. The third-order valence-corrected chi connectivity index (χ3v) is 5.31. The van der Waals surface area contributed by atoms with Crippen molar-refractivity contribution < 1.29 is 9.53 Å². The molecule has 2 aromatic heterocycles. The van der Waals surface area contributed by atoms with Gasteiger partial charge in [0.2, 0.25) is 5.91 Å². The number of carbonyl (C=O) groups is 1. The van der Waals surface area contributed by atoms with Gasteiger partial charge in [0, 0.05) is 11.4 Å². The molecule has 7 heteroatoms. The molecule has 1 saturated carbocycles. The van der Waals surface area contributed by atoms with Gasteiger partial charge in [-0.05, 0) is 44.0 Å². The Balaban J connectivity index is 1.67. The molecular formula is C20H24N4O3. The molecule has 0 radical (unpaired) electrons. The van der Waals surface area contributed by atoms with Gasteiger partial charge >= 0.3 is 0 Å². The van der Waals surface area contributed by atoms with Gasteiger partial charge < -0.3 is 10.1 Å². The lowest BCUT2D eigenvalue weighted by molar-refractivity contribution is -0.122. The van der Waals surface area contributed by atoms with Crippen LogP contribution in [0.25, 0.3) is 16.4 Å². The molecule has 1 N–H and O–H groups in total. The van der Waals surface area contributed by atoms with Crippen LogP contribution < -0.4 is 15.6 Å². The zero-order valence-corrected chi connectivity index (χ0v) is 15.7. The number of aryl methyl sites for hydroxylation is 1. The molecule has 1 amide bonds. The van der Waals surface area contributed by atoms with E-state index in [2.05, 4.69) is 10.4 Å². The Labute approximate surface area is 156 Å². The molecule has 7 nitrogen and oxygen atoms in total. The number of benzene rings is 1. The predicted octanol–water partition coefficient (Wildman–Crippen LogP) is 2.42. The van der Waals surface area contributed by atoms with Crippen molar-refractivity contribution in [2.45, 2.75) is 51.6 Å². The Kier molecular flexibility index (Phi) is 4.59. The molecule has 1 aliphatic rings. The highest BCUT2D eigenvalue weighted by atomic mass is 16.5. The van der Waals surface area contributed by atoms with Gasteiger partial charge in [0.05, 0.1) is 12.6 Å². The number of ether oxygens (including phenoxy) is 1. The number of nitrogens with one attached hydrogen (secondary N) is 1. The smallest absolute Gasteiger partial charge is 0.291 e. The van der Waals surface area contributed by atoms with Gasteiger partial charge in [-0.3, -0.25) is 14.0 Å². The van der Waals surface area contributed by atoms with Gasteiger partial charge in [-0.1, -0.05) is 19.3 Å². The number of hydrogen-bond acceptors (Lipinski definition) is 4. The fourth-order valence-corrected chi connectivity index (χ4v) is 3.99. The van der Waals surface area contributed by atoms with E-state index in [0.29, 0.717) is 11.3 Å². The van der Waals surface area contributed by atoms with Crippen LogP contribution in [0.15, 0.2) is 29.1 Å². The second kappa shape index (κ2) is 7.06. The van der Waals surface area contributed by atoms with Crippen LogP contribution in [0.4, 0.5) is 0 Å². The summed E-state index contributed by atoms with van der Waals surface area (Å²) in [4.78, 5) is 25.3. The van der Waals surface area contributed by atoms with Crippen LogP contribution in [-0.2, 0) is 11.3 Å². The van der Waals surface area contributed by atoms with E-state index >= 15 is 0 Å².